The van der Waals surface area contributed by atoms with E-state index < -0.39 is 0 Å². The predicted molar refractivity (Wildman–Crippen MR) is 91.5 cm³/mol. The second kappa shape index (κ2) is 7.14. The van der Waals surface area contributed by atoms with Crippen LogP contribution in [-0.2, 0) is 0 Å². The molecular formula is C21H27N. The maximum absolute atomic E-state index is 8.92. The van der Waals surface area contributed by atoms with E-state index in [4.69, 9.17) is 5.26 Å². The quantitative estimate of drug-likeness (QED) is 0.641. The van der Waals surface area contributed by atoms with Crippen molar-refractivity contribution in [3.63, 3.8) is 0 Å². The molecule has 0 aliphatic heterocycles. The highest BCUT2D eigenvalue weighted by Gasteiger charge is 2.35. The summed E-state index contributed by atoms with van der Waals surface area (Å²) in [4.78, 5) is 0. The third-order valence-electron chi connectivity index (χ3n) is 6.01. The molecule has 0 N–H and O–H groups in total. The van der Waals surface area contributed by atoms with Gasteiger partial charge >= 0.3 is 0 Å². The monoisotopic (exact) mass is 293 g/mol. The Kier molecular flexibility index (Phi) is 4.98. The molecule has 1 heteroatoms. The van der Waals surface area contributed by atoms with Crippen LogP contribution in [0.5, 0.6) is 0 Å². The fourth-order valence-electron chi connectivity index (χ4n) is 4.73. The third-order valence-corrected chi connectivity index (χ3v) is 6.01. The van der Waals surface area contributed by atoms with Crippen molar-refractivity contribution < 1.29 is 0 Å². The van der Waals surface area contributed by atoms with Crippen LogP contribution in [0.4, 0.5) is 0 Å². The first-order valence-corrected chi connectivity index (χ1v) is 8.91. The van der Waals surface area contributed by atoms with Crippen LogP contribution in [0.2, 0.25) is 0 Å². The van der Waals surface area contributed by atoms with Crippen molar-refractivity contribution in [1.29, 1.82) is 5.26 Å². The molecule has 22 heavy (non-hydrogen) atoms. The fourth-order valence-corrected chi connectivity index (χ4v) is 4.73. The van der Waals surface area contributed by atoms with Gasteiger partial charge in [0.25, 0.3) is 0 Å². The molecule has 1 nitrogen and oxygen atoms in total. The van der Waals surface area contributed by atoms with E-state index in [1.54, 1.807) is 0 Å². The highest BCUT2D eigenvalue weighted by atomic mass is 14.4. The van der Waals surface area contributed by atoms with Crippen molar-refractivity contribution in [1.82, 2.24) is 0 Å². The maximum atomic E-state index is 8.92. The molecule has 1 aromatic carbocycles. The van der Waals surface area contributed by atoms with Crippen LogP contribution in [0, 0.1) is 29.1 Å². The van der Waals surface area contributed by atoms with Crippen LogP contribution in [0.1, 0.15) is 68.4 Å². The van der Waals surface area contributed by atoms with Crippen molar-refractivity contribution in [2.24, 2.45) is 17.8 Å². The minimum absolute atomic E-state index is 0.721. The first-order chi connectivity index (χ1) is 10.8. The molecule has 3 rings (SSSR count). The number of hydrogen-bond donors (Lipinski definition) is 0. The Morgan fingerprint density at radius 1 is 1.05 bits per heavy atom. The molecule has 0 amide bonds. The van der Waals surface area contributed by atoms with Crippen molar-refractivity contribution in [3.8, 4) is 6.07 Å². The molecule has 0 saturated heterocycles. The lowest BCUT2D eigenvalue weighted by Gasteiger charge is -2.42. The normalized spacial score (nSPS) is 31.0. The van der Waals surface area contributed by atoms with E-state index in [1.807, 2.05) is 12.1 Å². The number of benzene rings is 1. The Labute approximate surface area is 135 Å². The summed E-state index contributed by atoms with van der Waals surface area (Å²) >= 11 is 0. The van der Waals surface area contributed by atoms with E-state index in [2.05, 4.69) is 30.9 Å². The van der Waals surface area contributed by atoms with Crippen molar-refractivity contribution >= 4 is 0 Å². The van der Waals surface area contributed by atoms with Gasteiger partial charge in [-0.15, -0.1) is 6.58 Å². The zero-order chi connectivity index (χ0) is 15.4. The SMILES string of the molecule is C=CCC[C@@H]1CC[C@@H]2CC(c3ccc(C#N)cc3)CC[C@@H]2C1. The lowest BCUT2D eigenvalue weighted by atomic mass is 9.63. The van der Waals surface area contributed by atoms with Gasteiger partial charge in [-0.05, 0) is 86.3 Å². The van der Waals surface area contributed by atoms with E-state index in [0.717, 1.165) is 29.2 Å². The number of nitriles is 1. The van der Waals surface area contributed by atoms with Crippen LogP contribution >= 0.6 is 0 Å². The summed E-state index contributed by atoms with van der Waals surface area (Å²) in [6.45, 7) is 3.86. The van der Waals surface area contributed by atoms with Gasteiger partial charge in [0.2, 0.25) is 0 Å². The van der Waals surface area contributed by atoms with Crippen molar-refractivity contribution in [3.05, 3.63) is 48.0 Å². The second-order valence-corrected chi connectivity index (χ2v) is 7.31. The zero-order valence-corrected chi connectivity index (χ0v) is 13.5. The number of fused-ring (bicyclic) bond motifs is 1. The Bertz CT molecular complexity index is 536. The van der Waals surface area contributed by atoms with E-state index >= 15 is 0 Å². The van der Waals surface area contributed by atoms with E-state index in [9.17, 15) is 0 Å². The van der Waals surface area contributed by atoms with Crippen LogP contribution in [0.25, 0.3) is 0 Å². The molecule has 2 aliphatic carbocycles. The lowest BCUT2D eigenvalue weighted by molar-refractivity contribution is 0.115. The molecule has 2 fully saturated rings. The van der Waals surface area contributed by atoms with Crippen LogP contribution in [-0.4, -0.2) is 0 Å². The fraction of sp³-hybridized carbons (Fsp3) is 0.571. The zero-order valence-electron chi connectivity index (χ0n) is 13.5. The first kappa shape index (κ1) is 15.3. The highest BCUT2D eigenvalue weighted by Crippen LogP contribution is 2.48. The van der Waals surface area contributed by atoms with Gasteiger partial charge in [-0.1, -0.05) is 24.6 Å². The number of rotatable bonds is 4. The summed E-state index contributed by atoms with van der Waals surface area (Å²) in [5.74, 6) is 3.58. The summed E-state index contributed by atoms with van der Waals surface area (Å²) in [5.41, 5.74) is 2.23. The van der Waals surface area contributed by atoms with Gasteiger partial charge in [-0.2, -0.15) is 5.26 Å². The number of allylic oxidation sites excluding steroid dienone is 1. The Balaban J connectivity index is 1.58. The molecule has 1 unspecified atom stereocenters. The van der Waals surface area contributed by atoms with Gasteiger partial charge in [0, 0.05) is 0 Å². The molecule has 0 spiro atoms. The lowest BCUT2D eigenvalue weighted by Crippen LogP contribution is -2.30. The summed E-state index contributed by atoms with van der Waals surface area (Å²) in [7, 11) is 0. The van der Waals surface area contributed by atoms with Gasteiger partial charge in [-0.25, -0.2) is 0 Å². The molecule has 116 valence electrons. The maximum Gasteiger partial charge on any atom is 0.0991 e. The van der Waals surface area contributed by atoms with Gasteiger partial charge in [-0.3, -0.25) is 0 Å². The number of nitrogens with zero attached hydrogens (tertiary/aromatic N) is 1. The van der Waals surface area contributed by atoms with Crippen molar-refractivity contribution in [2.45, 2.75) is 57.3 Å². The molecule has 0 radical (unpaired) electrons. The summed E-state index contributed by atoms with van der Waals surface area (Å²) < 4.78 is 0. The van der Waals surface area contributed by atoms with Gasteiger partial charge in [0.1, 0.15) is 0 Å². The molecule has 2 aliphatic rings. The first-order valence-electron chi connectivity index (χ1n) is 8.91. The van der Waals surface area contributed by atoms with Crippen molar-refractivity contribution in [2.75, 3.05) is 0 Å². The predicted octanol–water partition coefficient (Wildman–Crippen LogP) is 5.82. The van der Waals surface area contributed by atoms with E-state index in [1.165, 1.54) is 56.9 Å². The summed E-state index contributed by atoms with van der Waals surface area (Å²) in [6, 6.07) is 10.5. The summed E-state index contributed by atoms with van der Waals surface area (Å²) in [5, 5.41) is 8.92. The minimum Gasteiger partial charge on any atom is -0.192 e. The van der Waals surface area contributed by atoms with E-state index in [0.29, 0.717) is 0 Å². The molecule has 4 atom stereocenters. The Hall–Kier alpha value is -1.55. The second-order valence-electron chi connectivity index (χ2n) is 7.31. The Morgan fingerprint density at radius 2 is 1.77 bits per heavy atom. The van der Waals surface area contributed by atoms with Gasteiger partial charge < -0.3 is 0 Å². The largest absolute Gasteiger partial charge is 0.192 e. The van der Waals surface area contributed by atoms with Crippen LogP contribution in [0.3, 0.4) is 0 Å². The van der Waals surface area contributed by atoms with Gasteiger partial charge in [0.15, 0.2) is 0 Å². The smallest absolute Gasteiger partial charge is 0.0991 e. The molecule has 0 aromatic heterocycles. The highest BCUT2D eigenvalue weighted by molar-refractivity contribution is 5.33. The van der Waals surface area contributed by atoms with E-state index in [-0.39, 0.29) is 0 Å². The molecule has 1 aromatic rings. The molecule has 2 saturated carbocycles. The molecule has 0 bridgehead atoms. The molecular weight excluding hydrogens is 266 g/mol. The third kappa shape index (κ3) is 3.43. The Morgan fingerprint density at radius 3 is 2.50 bits per heavy atom. The topological polar surface area (TPSA) is 23.8 Å². The average molecular weight is 293 g/mol. The van der Waals surface area contributed by atoms with Gasteiger partial charge in [0.05, 0.1) is 11.6 Å². The molecule has 0 heterocycles. The minimum atomic E-state index is 0.721. The standard InChI is InChI=1S/C21H27N/c1-2-3-4-16-5-10-21-14-20(12-11-19(21)13-16)18-8-6-17(15-22)7-9-18/h2,6-9,16,19-21H,1,3-5,10-14H2/t16-,19-,20?,21-/m1/s1. The average Bonchev–Trinajstić information content (AvgIpc) is 2.59. The summed E-state index contributed by atoms with van der Waals surface area (Å²) in [6.07, 6.45) is 13.0. The van der Waals surface area contributed by atoms with Crippen LogP contribution < -0.4 is 0 Å². The van der Waals surface area contributed by atoms with Crippen LogP contribution in [0.15, 0.2) is 36.9 Å². The number of hydrogen-bond acceptors (Lipinski definition) is 1.